The Labute approximate surface area is 131 Å². The van der Waals surface area contributed by atoms with Crippen molar-refractivity contribution in [2.45, 2.75) is 26.0 Å². The summed E-state index contributed by atoms with van der Waals surface area (Å²) in [6.07, 6.45) is 0. The van der Waals surface area contributed by atoms with Crippen molar-refractivity contribution >= 4 is 17.2 Å². The molecule has 1 heterocycles. The van der Waals surface area contributed by atoms with E-state index in [1.54, 1.807) is 32.4 Å². The Kier molecular flexibility index (Phi) is 4.93. The minimum Gasteiger partial charge on any atom is -0.379 e. The van der Waals surface area contributed by atoms with Crippen LogP contribution in [0.3, 0.4) is 0 Å². The lowest BCUT2D eigenvalue weighted by atomic mass is 9.93. The summed E-state index contributed by atoms with van der Waals surface area (Å²) in [4.78, 5) is 13.2. The number of methoxy groups -OCH3 is 1. The van der Waals surface area contributed by atoms with Gasteiger partial charge in [0, 0.05) is 23.6 Å². The summed E-state index contributed by atoms with van der Waals surface area (Å²) >= 11 is 1.42. The molecule has 0 saturated carbocycles. The Morgan fingerprint density at radius 2 is 2.05 bits per heavy atom. The van der Waals surface area contributed by atoms with E-state index in [1.165, 1.54) is 23.5 Å². The van der Waals surface area contributed by atoms with Gasteiger partial charge in [0.05, 0.1) is 17.7 Å². The molecule has 118 valence electrons. The van der Waals surface area contributed by atoms with E-state index in [0.29, 0.717) is 12.2 Å². The molecule has 22 heavy (non-hydrogen) atoms. The molecule has 0 aliphatic heterocycles. The Bertz CT molecular complexity index is 683. The van der Waals surface area contributed by atoms with Crippen LogP contribution in [-0.2, 0) is 16.9 Å². The number of carbonyl (C=O) groups is 1. The van der Waals surface area contributed by atoms with E-state index >= 15 is 0 Å². The molecule has 1 N–H and O–H groups in total. The molecule has 1 aromatic heterocycles. The molecule has 0 spiro atoms. The highest BCUT2D eigenvalue weighted by atomic mass is 32.1. The number of carbonyl (C=O) groups excluding carboxylic acids is 1. The Morgan fingerprint density at radius 1 is 1.32 bits per heavy atom. The predicted molar refractivity (Wildman–Crippen MR) is 81.9 cm³/mol. The number of ether oxygens (including phenoxy) is 1. The minimum atomic E-state index is -0.971. The topological polar surface area (TPSA) is 38.3 Å². The lowest BCUT2D eigenvalue weighted by Crippen LogP contribution is -2.41. The van der Waals surface area contributed by atoms with Crippen molar-refractivity contribution < 1.29 is 18.3 Å². The van der Waals surface area contributed by atoms with Gasteiger partial charge in [-0.05, 0) is 31.4 Å². The fourth-order valence-corrected chi connectivity index (χ4v) is 3.04. The second-order valence-corrected chi connectivity index (χ2v) is 6.39. The molecular formula is C16H17F2NO2S. The zero-order valence-electron chi connectivity index (χ0n) is 12.6. The molecule has 0 radical (unpaired) electrons. The molecule has 1 aromatic carbocycles. The van der Waals surface area contributed by atoms with Gasteiger partial charge in [0.2, 0.25) is 0 Å². The standard InChI is InChI=1S/C16H17F2NO2S/c1-16(2,12-5-4-10(17)8-13(12)18)19-15(20)11-6-7-22-14(11)9-21-3/h4-8H,9H2,1-3H3,(H,19,20). The number of halogens is 2. The van der Waals surface area contributed by atoms with Crippen molar-refractivity contribution in [3.63, 3.8) is 0 Å². The average Bonchev–Trinajstić information content (AvgIpc) is 2.86. The number of benzene rings is 1. The fraction of sp³-hybridized carbons (Fsp3) is 0.312. The molecule has 2 aromatic rings. The second-order valence-electron chi connectivity index (χ2n) is 5.39. The van der Waals surface area contributed by atoms with E-state index in [0.717, 1.165) is 10.9 Å². The normalized spacial score (nSPS) is 11.5. The molecule has 0 unspecified atom stereocenters. The van der Waals surface area contributed by atoms with Gasteiger partial charge in [-0.3, -0.25) is 4.79 Å². The van der Waals surface area contributed by atoms with Gasteiger partial charge in [0.15, 0.2) is 0 Å². The van der Waals surface area contributed by atoms with Gasteiger partial charge in [-0.25, -0.2) is 8.78 Å². The molecule has 0 fully saturated rings. The van der Waals surface area contributed by atoms with Crippen molar-refractivity contribution in [3.8, 4) is 0 Å². The van der Waals surface area contributed by atoms with Crippen LogP contribution in [0.4, 0.5) is 8.78 Å². The average molecular weight is 325 g/mol. The van der Waals surface area contributed by atoms with Crippen molar-refractivity contribution in [1.82, 2.24) is 5.32 Å². The first kappa shape index (κ1) is 16.6. The molecule has 0 aliphatic rings. The number of amides is 1. The van der Waals surface area contributed by atoms with Gasteiger partial charge in [-0.2, -0.15) is 0 Å². The van der Waals surface area contributed by atoms with Crippen LogP contribution in [-0.4, -0.2) is 13.0 Å². The monoisotopic (exact) mass is 325 g/mol. The van der Waals surface area contributed by atoms with E-state index in [2.05, 4.69) is 5.32 Å². The summed E-state index contributed by atoms with van der Waals surface area (Å²) in [6.45, 7) is 3.68. The maximum absolute atomic E-state index is 13.9. The lowest BCUT2D eigenvalue weighted by molar-refractivity contribution is 0.0907. The SMILES string of the molecule is COCc1sccc1C(=O)NC(C)(C)c1ccc(F)cc1F. The molecule has 0 bridgehead atoms. The quantitative estimate of drug-likeness (QED) is 0.907. The van der Waals surface area contributed by atoms with Crippen LogP contribution < -0.4 is 5.32 Å². The highest BCUT2D eigenvalue weighted by molar-refractivity contribution is 7.10. The third-order valence-electron chi connectivity index (χ3n) is 3.30. The van der Waals surface area contributed by atoms with Crippen molar-refractivity contribution in [2.24, 2.45) is 0 Å². The van der Waals surface area contributed by atoms with Gasteiger partial charge in [0.1, 0.15) is 11.6 Å². The van der Waals surface area contributed by atoms with Crippen LogP contribution >= 0.6 is 11.3 Å². The van der Waals surface area contributed by atoms with Crippen LogP contribution in [0, 0.1) is 11.6 Å². The third-order valence-corrected chi connectivity index (χ3v) is 4.19. The van der Waals surface area contributed by atoms with Crippen LogP contribution in [0.5, 0.6) is 0 Å². The number of rotatable bonds is 5. The number of nitrogens with one attached hydrogen (secondary N) is 1. The molecule has 0 atom stereocenters. The Balaban J connectivity index is 2.24. The second kappa shape index (κ2) is 6.54. The molecule has 3 nitrogen and oxygen atoms in total. The van der Waals surface area contributed by atoms with Gasteiger partial charge < -0.3 is 10.1 Å². The Morgan fingerprint density at radius 3 is 2.68 bits per heavy atom. The van der Waals surface area contributed by atoms with Crippen LogP contribution in [0.2, 0.25) is 0 Å². The van der Waals surface area contributed by atoms with Gasteiger partial charge in [-0.15, -0.1) is 11.3 Å². The molecule has 6 heteroatoms. The summed E-state index contributed by atoms with van der Waals surface area (Å²) in [6, 6.07) is 5.03. The van der Waals surface area contributed by atoms with Crippen LogP contribution in [0.15, 0.2) is 29.6 Å². The van der Waals surface area contributed by atoms with Gasteiger partial charge in [0.25, 0.3) is 5.91 Å². The summed E-state index contributed by atoms with van der Waals surface area (Å²) in [5.74, 6) is -1.65. The van der Waals surface area contributed by atoms with E-state index in [4.69, 9.17) is 4.74 Å². The predicted octanol–water partition coefficient (Wildman–Crippen LogP) is 3.84. The van der Waals surface area contributed by atoms with Crippen LogP contribution in [0.1, 0.15) is 34.6 Å². The third kappa shape index (κ3) is 3.51. The number of hydrogen-bond donors (Lipinski definition) is 1. The first-order valence-corrected chi connectivity index (χ1v) is 7.56. The molecule has 2 rings (SSSR count). The Hall–Kier alpha value is -1.79. The maximum Gasteiger partial charge on any atom is 0.253 e. The maximum atomic E-state index is 13.9. The first-order chi connectivity index (χ1) is 10.3. The zero-order chi connectivity index (χ0) is 16.3. The lowest BCUT2D eigenvalue weighted by Gasteiger charge is -2.27. The zero-order valence-corrected chi connectivity index (χ0v) is 13.4. The highest BCUT2D eigenvalue weighted by Crippen LogP contribution is 2.25. The minimum absolute atomic E-state index is 0.228. The first-order valence-electron chi connectivity index (χ1n) is 6.68. The van der Waals surface area contributed by atoms with Crippen LogP contribution in [0.25, 0.3) is 0 Å². The van der Waals surface area contributed by atoms with E-state index in [9.17, 15) is 13.6 Å². The fourth-order valence-electron chi connectivity index (χ4n) is 2.20. The summed E-state index contributed by atoms with van der Waals surface area (Å²) in [5, 5.41) is 4.58. The van der Waals surface area contributed by atoms with E-state index in [-0.39, 0.29) is 11.5 Å². The highest BCUT2D eigenvalue weighted by Gasteiger charge is 2.27. The summed E-state index contributed by atoms with van der Waals surface area (Å²) in [7, 11) is 1.55. The van der Waals surface area contributed by atoms with Gasteiger partial charge >= 0.3 is 0 Å². The largest absolute Gasteiger partial charge is 0.379 e. The summed E-state index contributed by atoms with van der Waals surface area (Å²) < 4.78 is 32.0. The van der Waals surface area contributed by atoms with Crippen molar-refractivity contribution in [2.75, 3.05) is 7.11 Å². The summed E-state index contributed by atoms with van der Waals surface area (Å²) in [5.41, 5.74) is -0.241. The van der Waals surface area contributed by atoms with E-state index in [1.807, 2.05) is 0 Å². The molecule has 1 amide bonds. The smallest absolute Gasteiger partial charge is 0.253 e. The molecule has 0 aliphatic carbocycles. The van der Waals surface area contributed by atoms with E-state index < -0.39 is 17.2 Å². The van der Waals surface area contributed by atoms with Gasteiger partial charge in [-0.1, -0.05) is 6.07 Å². The number of thiophene rings is 1. The molecule has 0 saturated heterocycles. The number of hydrogen-bond acceptors (Lipinski definition) is 3. The van der Waals surface area contributed by atoms with Crippen molar-refractivity contribution in [3.05, 3.63) is 57.3 Å². The van der Waals surface area contributed by atoms with Crippen molar-refractivity contribution in [1.29, 1.82) is 0 Å². The molecular weight excluding hydrogens is 308 g/mol.